The second-order valence-electron chi connectivity index (χ2n) is 5.24. The lowest BCUT2D eigenvalue weighted by atomic mass is 9.92. The van der Waals surface area contributed by atoms with E-state index < -0.39 is 5.91 Å². The van der Waals surface area contributed by atoms with Crippen molar-refractivity contribution in [1.82, 2.24) is 0 Å². The largest absolute Gasteiger partial charge is 0.366 e. The van der Waals surface area contributed by atoms with Gasteiger partial charge in [-0.25, -0.2) is 0 Å². The number of rotatable bonds is 3. The lowest BCUT2D eigenvalue weighted by molar-refractivity contribution is 0.100. The number of benzene rings is 1. The smallest absolute Gasteiger partial charge is 0.248 e. The Bertz CT molecular complexity index is 478. The fourth-order valence-corrected chi connectivity index (χ4v) is 3.29. The Balaban J connectivity index is 2.28. The van der Waals surface area contributed by atoms with Crippen LogP contribution in [-0.2, 0) is 0 Å². The second kappa shape index (κ2) is 5.92. The van der Waals surface area contributed by atoms with E-state index in [1.807, 2.05) is 6.07 Å². The van der Waals surface area contributed by atoms with Gasteiger partial charge in [0.15, 0.2) is 0 Å². The Kier molecular flexibility index (Phi) is 4.47. The van der Waals surface area contributed by atoms with E-state index in [9.17, 15) is 4.79 Å². The molecular weight excluding hydrogens is 306 g/mol. The zero-order valence-corrected chi connectivity index (χ0v) is 12.7. The molecule has 0 aliphatic carbocycles. The minimum absolute atomic E-state index is 0.361. The van der Waals surface area contributed by atoms with Crippen LogP contribution >= 0.6 is 15.9 Å². The topological polar surface area (TPSA) is 72.3 Å². The molecule has 0 saturated carbocycles. The van der Waals surface area contributed by atoms with E-state index in [2.05, 4.69) is 27.8 Å². The summed E-state index contributed by atoms with van der Waals surface area (Å²) in [4.78, 5) is 13.5. The number of nitrogens with zero attached hydrogens (tertiary/aromatic N) is 1. The summed E-state index contributed by atoms with van der Waals surface area (Å²) in [6.07, 6.45) is 2.28. The van der Waals surface area contributed by atoms with Crippen LogP contribution in [0.4, 0.5) is 5.69 Å². The van der Waals surface area contributed by atoms with Crippen LogP contribution in [0.1, 0.15) is 30.1 Å². The van der Waals surface area contributed by atoms with Gasteiger partial charge in [-0.05, 0) is 52.9 Å². The first kappa shape index (κ1) is 14.3. The third-order valence-corrected chi connectivity index (χ3v) is 4.43. The summed E-state index contributed by atoms with van der Waals surface area (Å²) in [6, 6.07) is 5.86. The van der Waals surface area contributed by atoms with Gasteiger partial charge >= 0.3 is 0 Å². The molecule has 0 bridgehead atoms. The Morgan fingerprint density at radius 2 is 2.26 bits per heavy atom. The van der Waals surface area contributed by atoms with Crippen molar-refractivity contribution in [2.24, 2.45) is 17.4 Å². The van der Waals surface area contributed by atoms with E-state index in [1.165, 1.54) is 6.42 Å². The molecule has 104 valence electrons. The van der Waals surface area contributed by atoms with Gasteiger partial charge in [0.2, 0.25) is 5.91 Å². The summed E-state index contributed by atoms with van der Waals surface area (Å²) in [5.74, 6) is 0.309. The molecule has 2 unspecified atom stereocenters. The van der Waals surface area contributed by atoms with Crippen molar-refractivity contribution in [3.8, 4) is 0 Å². The molecule has 1 aromatic rings. The minimum atomic E-state index is -0.408. The molecule has 1 aliphatic heterocycles. The predicted octanol–water partition coefficient (Wildman–Crippen LogP) is 2.11. The van der Waals surface area contributed by atoms with E-state index in [-0.39, 0.29) is 0 Å². The molecule has 0 aromatic heterocycles. The van der Waals surface area contributed by atoms with Crippen molar-refractivity contribution < 1.29 is 4.79 Å². The fourth-order valence-electron chi connectivity index (χ4n) is 2.69. The molecule has 5 heteroatoms. The van der Waals surface area contributed by atoms with Crippen LogP contribution in [0.2, 0.25) is 0 Å². The number of hydrogen-bond acceptors (Lipinski definition) is 3. The van der Waals surface area contributed by atoms with Gasteiger partial charge in [-0.3, -0.25) is 4.79 Å². The van der Waals surface area contributed by atoms with Gasteiger partial charge in [0.05, 0.1) is 5.69 Å². The van der Waals surface area contributed by atoms with Crippen LogP contribution in [0.5, 0.6) is 0 Å². The Morgan fingerprint density at radius 1 is 1.53 bits per heavy atom. The minimum Gasteiger partial charge on any atom is -0.366 e. The Morgan fingerprint density at radius 3 is 2.84 bits per heavy atom. The van der Waals surface area contributed by atoms with Gasteiger partial charge in [-0.1, -0.05) is 6.92 Å². The number of nitrogens with two attached hydrogens (primary N) is 2. The maximum atomic E-state index is 11.2. The highest BCUT2D eigenvalue weighted by atomic mass is 79.9. The molecule has 4 nitrogen and oxygen atoms in total. The van der Waals surface area contributed by atoms with E-state index in [0.29, 0.717) is 24.1 Å². The number of halogens is 1. The number of amides is 1. The molecule has 1 aromatic carbocycles. The summed E-state index contributed by atoms with van der Waals surface area (Å²) in [7, 11) is 0. The van der Waals surface area contributed by atoms with Crippen LogP contribution in [0.15, 0.2) is 22.7 Å². The first-order chi connectivity index (χ1) is 9.02. The second-order valence-corrected chi connectivity index (χ2v) is 6.10. The molecule has 0 radical (unpaired) electrons. The Labute approximate surface area is 122 Å². The van der Waals surface area contributed by atoms with E-state index in [1.54, 1.807) is 12.1 Å². The summed E-state index contributed by atoms with van der Waals surface area (Å²) in [5, 5.41) is 0. The monoisotopic (exact) mass is 325 g/mol. The van der Waals surface area contributed by atoms with Crippen molar-refractivity contribution >= 4 is 27.5 Å². The van der Waals surface area contributed by atoms with Gasteiger partial charge in [0.25, 0.3) is 0 Å². The SMILES string of the molecule is CC1CCN(c2ccc(C(N)=O)cc2Br)C(CN)C1. The first-order valence-corrected chi connectivity index (χ1v) is 7.38. The molecule has 1 saturated heterocycles. The maximum Gasteiger partial charge on any atom is 0.248 e. The van der Waals surface area contributed by atoms with Crippen molar-refractivity contribution in [2.75, 3.05) is 18.0 Å². The summed E-state index contributed by atoms with van der Waals surface area (Å²) < 4.78 is 0.900. The molecule has 2 rings (SSSR count). The van der Waals surface area contributed by atoms with Gasteiger partial charge in [-0.15, -0.1) is 0 Å². The molecule has 1 fully saturated rings. The third kappa shape index (κ3) is 3.09. The standard InChI is InChI=1S/C14H20BrN3O/c1-9-4-5-18(11(6-9)8-16)13-3-2-10(14(17)19)7-12(13)15/h2-3,7,9,11H,4-6,8,16H2,1H3,(H2,17,19). The highest BCUT2D eigenvalue weighted by Gasteiger charge is 2.26. The van der Waals surface area contributed by atoms with Crippen LogP contribution in [-0.4, -0.2) is 25.0 Å². The molecule has 4 N–H and O–H groups in total. The normalized spacial score (nSPS) is 23.4. The predicted molar refractivity (Wildman–Crippen MR) is 81.2 cm³/mol. The summed E-state index contributed by atoms with van der Waals surface area (Å²) in [6.45, 7) is 3.91. The highest BCUT2D eigenvalue weighted by molar-refractivity contribution is 9.10. The van der Waals surface area contributed by atoms with Crippen molar-refractivity contribution in [1.29, 1.82) is 0 Å². The van der Waals surface area contributed by atoms with Gasteiger partial charge in [-0.2, -0.15) is 0 Å². The fraction of sp³-hybridized carbons (Fsp3) is 0.500. The van der Waals surface area contributed by atoms with Gasteiger partial charge in [0, 0.05) is 29.2 Å². The van der Waals surface area contributed by atoms with Gasteiger partial charge < -0.3 is 16.4 Å². The number of anilines is 1. The number of hydrogen-bond donors (Lipinski definition) is 2. The summed E-state index contributed by atoms with van der Waals surface area (Å²) >= 11 is 3.53. The average molecular weight is 326 g/mol. The van der Waals surface area contributed by atoms with Crippen molar-refractivity contribution in [3.05, 3.63) is 28.2 Å². The molecule has 1 aliphatic rings. The highest BCUT2D eigenvalue weighted by Crippen LogP contribution is 2.33. The number of primary amides is 1. The molecule has 1 heterocycles. The van der Waals surface area contributed by atoms with Crippen molar-refractivity contribution in [3.63, 3.8) is 0 Å². The summed E-state index contributed by atoms with van der Waals surface area (Å²) in [5.41, 5.74) is 12.8. The number of carbonyl (C=O) groups is 1. The molecular formula is C14H20BrN3O. The maximum absolute atomic E-state index is 11.2. The van der Waals surface area contributed by atoms with E-state index in [0.717, 1.165) is 23.1 Å². The van der Waals surface area contributed by atoms with Crippen LogP contribution < -0.4 is 16.4 Å². The molecule has 2 atom stereocenters. The quantitative estimate of drug-likeness (QED) is 0.894. The zero-order valence-electron chi connectivity index (χ0n) is 11.1. The molecule has 1 amide bonds. The van der Waals surface area contributed by atoms with E-state index >= 15 is 0 Å². The Hall–Kier alpha value is -1.07. The van der Waals surface area contributed by atoms with Crippen LogP contribution in [0.25, 0.3) is 0 Å². The zero-order chi connectivity index (χ0) is 14.0. The lowest BCUT2D eigenvalue weighted by Crippen LogP contribution is -2.46. The lowest BCUT2D eigenvalue weighted by Gasteiger charge is -2.40. The van der Waals surface area contributed by atoms with Crippen LogP contribution in [0, 0.1) is 5.92 Å². The average Bonchev–Trinajstić information content (AvgIpc) is 2.38. The third-order valence-electron chi connectivity index (χ3n) is 3.79. The molecule has 19 heavy (non-hydrogen) atoms. The van der Waals surface area contributed by atoms with E-state index in [4.69, 9.17) is 11.5 Å². The number of carbonyl (C=O) groups excluding carboxylic acids is 1. The van der Waals surface area contributed by atoms with Crippen LogP contribution in [0.3, 0.4) is 0 Å². The van der Waals surface area contributed by atoms with Crippen molar-refractivity contribution in [2.45, 2.75) is 25.8 Å². The molecule has 0 spiro atoms. The number of piperidine rings is 1. The van der Waals surface area contributed by atoms with Gasteiger partial charge in [0.1, 0.15) is 0 Å². The first-order valence-electron chi connectivity index (χ1n) is 6.59.